The Kier molecular flexibility index (Phi) is 3.25. The van der Waals surface area contributed by atoms with Gasteiger partial charge in [0.15, 0.2) is 8.68 Å². The number of nitrogens with one attached hydrogen (secondary N) is 1. The topological polar surface area (TPSA) is 68.3 Å². The second-order valence-electron chi connectivity index (χ2n) is 2.13. The van der Waals surface area contributed by atoms with Gasteiger partial charge in [-0.25, -0.2) is 13.4 Å². The van der Waals surface area contributed by atoms with E-state index in [1.165, 1.54) is 7.11 Å². The quantitative estimate of drug-likeness (QED) is 0.802. The van der Waals surface area contributed by atoms with Crippen LogP contribution >= 0.6 is 22.9 Å². The molecule has 1 N–H and O–H groups in total. The van der Waals surface area contributed by atoms with Crippen LogP contribution in [0, 0.1) is 6.92 Å². The molecule has 0 aliphatic rings. The van der Waals surface area contributed by atoms with E-state index in [1.807, 2.05) is 4.89 Å². The second-order valence-corrected chi connectivity index (χ2v) is 5.55. The molecule has 0 unspecified atom stereocenters. The Bertz CT molecular complexity index is 400. The van der Waals surface area contributed by atoms with Crippen LogP contribution in [0.4, 0.5) is 0 Å². The van der Waals surface area contributed by atoms with E-state index in [0.717, 1.165) is 11.3 Å². The number of hydrogen-bond donors (Lipinski definition) is 1. The zero-order valence-electron chi connectivity index (χ0n) is 6.87. The summed E-state index contributed by atoms with van der Waals surface area (Å²) in [5, 5.41) is 0. The molecule has 0 saturated heterocycles. The van der Waals surface area contributed by atoms with Crippen LogP contribution in [0.3, 0.4) is 0 Å². The lowest BCUT2D eigenvalue weighted by atomic mass is 10.6. The Hall–Kier alpha value is -0.210. The number of aryl methyl sites for hydroxylation is 1. The smallest absolute Gasteiger partial charge is 0.273 e. The van der Waals surface area contributed by atoms with Crippen molar-refractivity contribution in [1.29, 1.82) is 0 Å². The van der Waals surface area contributed by atoms with Gasteiger partial charge in [0.05, 0.1) is 12.8 Å². The van der Waals surface area contributed by atoms with Gasteiger partial charge < -0.3 is 0 Å². The average Bonchev–Trinajstić information content (AvgIpc) is 2.30. The van der Waals surface area contributed by atoms with Crippen LogP contribution in [-0.4, -0.2) is 20.5 Å². The van der Waals surface area contributed by atoms with E-state index in [4.69, 9.17) is 11.6 Å². The first-order valence-electron chi connectivity index (χ1n) is 3.15. The standard InChI is InChI=1S/C5H7ClN2O3S2/c1-3-4(12-5(6)7-3)13(9,10)8-11-2/h8H,1-2H3. The molecule has 0 aromatic carbocycles. The van der Waals surface area contributed by atoms with Crippen molar-refractivity contribution in [2.45, 2.75) is 11.1 Å². The van der Waals surface area contributed by atoms with Crippen molar-refractivity contribution in [3.05, 3.63) is 10.2 Å². The molecule has 0 aliphatic heterocycles. The third-order valence-electron chi connectivity index (χ3n) is 1.17. The van der Waals surface area contributed by atoms with Crippen molar-refractivity contribution < 1.29 is 13.3 Å². The summed E-state index contributed by atoms with van der Waals surface area (Å²) >= 11 is 6.43. The molecule has 0 amide bonds. The fourth-order valence-electron chi connectivity index (χ4n) is 0.748. The first kappa shape index (κ1) is 10.9. The summed E-state index contributed by atoms with van der Waals surface area (Å²) in [5.41, 5.74) is 0.361. The molecule has 13 heavy (non-hydrogen) atoms. The zero-order valence-corrected chi connectivity index (χ0v) is 9.26. The zero-order chi connectivity index (χ0) is 10.1. The van der Waals surface area contributed by atoms with Gasteiger partial charge in [0.25, 0.3) is 10.0 Å². The summed E-state index contributed by atoms with van der Waals surface area (Å²) in [4.78, 5) is 9.97. The summed E-state index contributed by atoms with van der Waals surface area (Å²) in [5.74, 6) is 0. The lowest BCUT2D eigenvalue weighted by Crippen LogP contribution is -2.22. The number of halogens is 1. The lowest BCUT2D eigenvalue weighted by Gasteiger charge is -2.00. The van der Waals surface area contributed by atoms with Crippen molar-refractivity contribution >= 4 is 33.0 Å². The molecule has 1 aromatic heterocycles. The van der Waals surface area contributed by atoms with Crippen LogP contribution in [0.1, 0.15) is 5.69 Å². The fourth-order valence-corrected chi connectivity index (χ4v) is 3.28. The van der Waals surface area contributed by atoms with E-state index in [0.29, 0.717) is 5.69 Å². The number of aromatic nitrogens is 1. The molecule has 0 spiro atoms. The molecular formula is C5H7ClN2O3S2. The lowest BCUT2D eigenvalue weighted by molar-refractivity contribution is 0.153. The Morgan fingerprint density at radius 2 is 2.23 bits per heavy atom. The Labute approximate surface area is 84.7 Å². The first-order chi connectivity index (χ1) is 5.97. The van der Waals surface area contributed by atoms with Crippen LogP contribution < -0.4 is 4.89 Å². The molecule has 1 heterocycles. The van der Waals surface area contributed by atoms with Gasteiger partial charge >= 0.3 is 0 Å². The van der Waals surface area contributed by atoms with E-state index in [2.05, 4.69) is 9.82 Å². The van der Waals surface area contributed by atoms with Crippen molar-refractivity contribution in [3.8, 4) is 0 Å². The average molecular weight is 243 g/mol. The fraction of sp³-hybridized carbons (Fsp3) is 0.400. The molecule has 0 fully saturated rings. The van der Waals surface area contributed by atoms with Crippen LogP contribution in [0.15, 0.2) is 4.21 Å². The minimum atomic E-state index is -3.62. The number of rotatable bonds is 3. The highest BCUT2D eigenvalue weighted by Crippen LogP contribution is 2.26. The molecule has 5 nitrogen and oxygen atoms in total. The van der Waals surface area contributed by atoms with Gasteiger partial charge in [0.2, 0.25) is 0 Å². The Morgan fingerprint density at radius 1 is 1.62 bits per heavy atom. The summed E-state index contributed by atoms with van der Waals surface area (Å²) in [6.45, 7) is 1.56. The normalized spacial score (nSPS) is 11.9. The number of thiazole rings is 1. The second kappa shape index (κ2) is 3.89. The third kappa shape index (κ3) is 2.38. The van der Waals surface area contributed by atoms with Gasteiger partial charge in [-0.05, 0) is 6.92 Å². The van der Waals surface area contributed by atoms with Crippen LogP contribution in [-0.2, 0) is 14.9 Å². The van der Waals surface area contributed by atoms with Crippen molar-refractivity contribution in [3.63, 3.8) is 0 Å². The van der Waals surface area contributed by atoms with E-state index >= 15 is 0 Å². The van der Waals surface area contributed by atoms with E-state index in [-0.39, 0.29) is 8.68 Å². The van der Waals surface area contributed by atoms with E-state index < -0.39 is 10.0 Å². The summed E-state index contributed by atoms with van der Waals surface area (Å²) in [6.07, 6.45) is 0. The minimum absolute atomic E-state index is 0.0688. The van der Waals surface area contributed by atoms with Gasteiger partial charge in [-0.1, -0.05) is 27.8 Å². The van der Waals surface area contributed by atoms with Gasteiger partial charge in [-0.15, -0.1) is 0 Å². The molecular weight excluding hydrogens is 236 g/mol. The van der Waals surface area contributed by atoms with Crippen molar-refractivity contribution in [2.75, 3.05) is 7.11 Å². The van der Waals surface area contributed by atoms with Gasteiger partial charge in [-0.3, -0.25) is 4.84 Å². The van der Waals surface area contributed by atoms with Crippen LogP contribution in [0.2, 0.25) is 4.47 Å². The molecule has 0 aliphatic carbocycles. The van der Waals surface area contributed by atoms with Crippen molar-refractivity contribution in [1.82, 2.24) is 9.87 Å². The highest BCUT2D eigenvalue weighted by atomic mass is 35.5. The molecule has 1 aromatic rings. The summed E-state index contributed by atoms with van der Waals surface area (Å²) < 4.78 is 22.9. The van der Waals surface area contributed by atoms with Crippen molar-refractivity contribution in [2.24, 2.45) is 0 Å². The minimum Gasteiger partial charge on any atom is -0.290 e. The maximum absolute atomic E-state index is 11.3. The maximum Gasteiger partial charge on any atom is 0.273 e. The number of nitrogens with zero attached hydrogens (tertiary/aromatic N) is 1. The highest BCUT2D eigenvalue weighted by molar-refractivity contribution is 7.91. The summed E-state index contributed by atoms with van der Waals surface area (Å²) in [7, 11) is -2.40. The van der Waals surface area contributed by atoms with Gasteiger partial charge in [0.1, 0.15) is 0 Å². The van der Waals surface area contributed by atoms with E-state index in [1.54, 1.807) is 6.92 Å². The van der Waals surface area contributed by atoms with Gasteiger partial charge in [0, 0.05) is 0 Å². The highest BCUT2D eigenvalue weighted by Gasteiger charge is 2.20. The first-order valence-corrected chi connectivity index (χ1v) is 5.83. The molecule has 0 bridgehead atoms. The summed E-state index contributed by atoms with van der Waals surface area (Å²) in [6, 6.07) is 0. The third-order valence-corrected chi connectivity index (χ3v) is 4.30. The monoisotopic (exact) mass is 242 g/mol. The predicted molar refractivity (Wildman–Crippen MR) is 49.2 cm³/mol. The number of sulfonamides is 1. The van der Waals surface area contributed by atoms with E-state index in [9.17, 15) is 8.42 Å². The largest absolute Gasteiger partial charge is 0.290 e. The molecule has 1 rings (SSSR count). The molecule has 74 valence electrons. The SMILES string of the molecule is CONS(=O)(=O)c1sc(Cl)nc1C. The predicted octanol–water partition coefficient (Wildman–Crippen LogP) is 0.945. The molecule has 8 heteroatoms. The van der Waals surface area contributed by atoms with Crippen LogP contribution in [0.25, 0.3) is 0 Å². The Balaban J connectivity index is 3.14. The molecule has 0 atom stereocenters. The Morgan fingerprint density at radius 3 is 2.62 bits per heavy atom. The van der Waals surface area contributed by atoms with Crippen LogP contribution in [0.5, 0.6) is 0 Å². The molecule has 0 saturated carbocycles. The maximum atomic E-state index is 11.3. The van der Waals surface area contributed by atoms with Gasteiger partial charge in [-0.2, -0.15) is 0 Å². The number of hydrogen-bond acceptors (Lipinski definition) is 5. The molecule has 0 radical (unpaired) electrons.